The summed E-state index contributed by atoms with van der Waals surface area (Å²) in [6, 6.07) is 9.86. The first-order chi connectivity index (χ1) is 14.6. The Balaban J connectivity index is 1.50. The quantitative estimate of drug-likeness (QED) is 0.572. The van der Waals surface area contributed by atoms with Crippen molar-refractivity contribution in [1.29, 1.82) is 0 Å². The Morgan fingerprint density at radius 2 is 1.87 bits per heavy atom. The van der Waals surface area contributed by atoms with Crippen molar-refractivity contribution in [1.82, 2.24) is 9.88 Å². The van der Waals surface area contributed by atoms with E-state index in [1.807, 2.05) is 0 Å². The first kappa shape index (κ1) is 20.6. The van der Waals surface area contributed by atoms with Gasteiger partial charge in [0.25, 0.3) is 5.91 Å². The topological polar surface area (TPSA) is 54.9 Å². The van der Waals surface area contributed by atoms with E-state index in [-0.39, 0.29) is 24.1 Å². The van der Waals surface area contributed by atoms with Gasteiger partial charge in [0.1, 0.15) is 17.4 Å². The number of benzene rings is 2. The minimum absolute atomic E-state index is 0.209. The summed E-state index contributed by atoms with van der Waals surface area (Å²) in [7, 11) is 0. The van der Waals surface area contributed by atoms with Crippen LogP contribution < -0.4 is 9.64 Å². The molecule has 2 aromatic carbocycles. The third kappa shape index (κ3) is 5.10. The van der Waals surface area contributed by atoms with Crippen molar-refractivity contribution in [2.45, 2.75) is 0 Å². The Bertz CT molecular complexity index is 1010. The highest BCUT2D eigenvalue weighted by atomic mass is 32.1. The molecule has 0 atom stereocenters. The van der Waals surface area contributed by atoms with Crippen molar-refractivity contribution in [3.05, 3.63) is 54.1 Å². The average molecular weight is 433 g/mol. The third-order valence-corrected chi connectivity index (χ3v) is 5.83. The van der Waals surface area contributed by atoms with Crippen molar-refractivity contribution >= 4 is 32.6 Å². The van der Waals surface area contributed by atoms with Crippen LogP contribution in [0.1, 0.15) is 0 Å². The molecule has 1 aromatic heterocycles. The number of anilines is 1. The largest absolute Gasteiger partial charge is 0.484 e. The van der Waals surface area contributed by atoms with Crippen LogP contribution in [0.3, 0.4) is 0 Å². The summed E-state index contributed by atoms with van der Waals surface area (Å²) in [4.78, 5) is 21.3. The summed E-state index contributed by atoms with van der Waals surface area (Å²) >= 11 is 1.26. The predicted octanol–water partition coefficient (Wildman–Crippen LogP) is 3.32. The van der Waals surface area contributed by atoms with Gasteiger partial charge in [0, 0.05) is 26.2 Å². The van der Waals surface area contributed by atoms with E-state index in [2.05, 4.69) is 9.88 Å². The molecule has 3 aromatic rings. The van der Waals surface area contributed by atoms with Gasteiger partial charge in [-0.05, 0) is 42.5 Å². The molecule has 9 heteroatoms. The molecule has 0 saturated carbocycles. The minimum Gasteiger partial charge on any atom is -0.484 e. The Kier molecular flexibility index (Phi) is 6.51. The van der Waals surface area contributed by atoms with Crippen molar-refractivity contribution < 1.29 is 23.0 Å². The summed E-state index contributed by atoms with van der Waals surface area (Å²) in [5.74, 6) is -0.581. The lowest BCUT2D eigenvalue weighted by Gasteiger charge is -2.29. The van der Waals surface area contributed by atoms with Gasteiger partial charge in [-0.3, -0.25) is 14.6 Å². The number of aromatic nitrogens is 1. The molecule has 0 aliphatic carbocycles. The molecule has 1 fully saturated rings. The monoisotopic (exact) mass is 433 g/mol. The Morgan fingerprint density at radius 3 is 2.63 bits per heavy atom. The van der Waals surface area contributed by atoms with Gasteiger partial charge >= 0.3 is 0 Å². The van der Waals surface area contributed by atoms with E-state index in [0.29, 0.717) is 47.4 Å². The SMILES string of the molecule is O=C(COc1ccc(F)cc1)N(CCN1CCOCC1)c1nc2ccc(F)cc2s1. The second-order valence-electron chi connectivity index (χ2n) is 6.85. The number of thiazole rings is 1. The number of carbonyl (C=O) groups excluding carboxylic acids is 1. The maximum atomic E-state index is 13.6. The lowest BCUT2D eigenvalue weighted by Crippen LogP contribution is -2.44. The first-order valence-electron chi connectivity index (χ1n) is 9.63. The van der Waals surface area contributed by atoms with Gasteiger partial charge in [0.2, 0.25) is 0 Å². The number of carbonyl (C=O) groups is 1. The maximum Gasteiger partial charge on any atom is 0.266 e. The number of ether oxygens (including phenoxy) is 2. The van der Waals surface area contributed by atoms with Crippen LogP contribution in [-0.4, -0.2) is 61.8 Å². The molecule has 0 bridgehead atoms. The second kappa shape index (κ2) is 9.46. The van der Waals surface area contributed by atoms with Crippen LogP contribution in [0.4, 0.5) is 13.9 Å². The number of morpholine rings is 1. The molecule has 30 heavy (non-hydrogen) atoms. The van der Waals surface area contributed by atoms with Crippen LogP contribution in [-0.2, 0) is 9.53 Å². The fourth-order valence-electron chi connectivity index (χ4n) is 3.15. The second-order valence-corrected chi connectivity index (χ2v) is 7.86. The highest BCUT2D eigenvalue weighted by Gasteiger charge is 2.22. The molecule has 1 aliphatic heterocycles. The molecule has 0 unspecified atom stereocenters. The van der Waals surface area contributed by atoms with E-state index in [1.165, 1.54) is 47.7 Å². The van der Waals surface area contributed by atoms with Crippen LogP contribution in [0.5, 0.6) is 5.75 Å². The van der Waals surface area contributed by atoms with Crippen LogP contribution in [0, 0.1) is 11.6 Å². The number of amides is 1. The molecular weight excluding hydrogens is 412 g/mol. The Labute approximate surface area is 176 Å². The molecular formula is C21H21F2N3O3S. The Morgan fingerprint density at radius 1 is 1.13 bits per heavy atom. The summed E-state index contributed by atoms with van der Waals surface area (Å²) in [6.45, 7) is 3.82. The highest BCUT2D eigenvalue weighted by molar-refractivity contribution is 7.22. The van der Waals surface area contributed by atoms with E-state index in [1.54, 1.807) is 11.0 Å². The number of fused-ring (bicyclic) bond motifs is 1. The fraction of sp³-hybridized carbons (Fsp3) is 0.333. The highest BCUT2D eigenvalue weighted by Crippen LogP contribution is 2.29. The molecule has 2 heterocycles. The summed E-state index contributed by atoms with van der Waals surface area (Å²) in [5, 5.41) is 0.497. The number of nitrogens with zero attached hydrogens (tertiary/aromatic N) is 3. The first-order valence-corrected chi connectivity index (χ1v) is 10.4. The molecule has 0 N–H and O–H groups in total. The summed E-state index contributed by atoms with van der Waals surface area (Å²) in [5.41, 5.74) is 0.639. The minimum atomic E-state index is -0.373. The van der Waals surface area contributed by atoms with Gasteiger partial charge < -0.3 is 9.47 Å². The zero-order valence-electron chi connectivity index (χ0n) is 16.2. The van der Waals surface area contributed by atoms with E-state index in [9.17, 15) is 13.6 Å². The van der Waals surface area contributed by atoms with Crippen molar-refractivity contribution in [2.75, 3.05) is 50.9 Å². The molecule has 0 radical (unpaired) electrons. The normalized spacial score (nSPS) is 14.7. The van der Waals surface area contributed by atoms with Gasteiger partial charge in [0.15, 0.2) is 11.7 Å². The number of halogens is 2. The zero-order chi connectivity index (χ0) is 20.9. The number of hydrogen-bond donors (Lipinski definition) is 0. The number of rotatable bonds is 7. The third-order valence-electron chi connectivity index (χ3n) is 4.79. The summed E-state index contributed by atoms with van der Waals surface area (Å²) < 4.78 is 38.2. The molecule has 6 nitrogen and oxygen atoms in total. The standard InChI is InChI=1S/C21H21F2N3O3S/c22-15-1-4-17(5-2-15)29-14-20(27)26(8-7-25-9-11-28-12-10-25)21-24-18-6-3-16(23)13-19(18)30-21/h1-6,13H,7-12,14H2. The van der Waals surface area contributed by atoms with Gasteiger partial charge in [-0.1, -0.05) is 11.3 Å². The molecule has 1 amide bonds. The van der Waals surface area contributed by atoms with Gasteiger partial charge in [-0.25, -0.2) is 13.8 Å². The van der Waals surface area contributed by atoms with Crippen LogP contribution >= 0.6 is 11.3 Å². The van der Waals surface area contributed by atoms with Crippen molar-refractivity contribution in [3.8, 4) is 5.75 Å². The van der Waals surface area contributed by atoms with Gasteiger partial charge in [-0.2, -0.15) is 0 Å². The maximum absolute atomic E-state index is 13.6. The fourth-order valence-corrected chi connectivity index (χ4v) is 4.18. The smallest absolute Gasteiger partial charge is 0.266 e. The van der Waals surface area contributed by atoms with Crippen LogP contribution in [0.15, 0.2) is 42.5 Å². The van der Waals surface area contributed by atoms with Gasteiger partial charge in [-0.15, -0.1) is 0 Å². The van der Waals surface area contributed by atoms with Crippen LogP contribution in [0.2, 0.25) is 0 Å². The van der Waals surface area contributed by atoms with Crippen molar-refractivity contribution in [2.24, 2.45) is 0 Å². The lowest BCUT2D eigenvalue weighted by molar-refractivity contribution is -0.120. The molecule has 0 spiro atoms. The predicted molar refractivity (Wildman–Crippen MR) is 111 cm³/mol. The summed E-state index contributed by atoms with van der Waals surface area (Å²) in [6.07, 6.45) is 0. The Hall–Kier alpha value is -2.62. The lowest BCUT2D eigenvalue weighted by atomic mass is 10.3. The zero-order valence-corrected chi connectivity index (χ0v) is 17.0. The molecule has 1 saturated heterocycles. The number of hydrogen-bond acceptors (Lipinski definition) is 6. The van der Waals surface area contributed by atoms with Crippen molar-refractivity contribution in [3.63, 3.8) is 0 Å². The van der Waals surface area contributed by atoms with Gasteiger partial charge in [0.05, 0.1) is 23.4 Å². The van der Waals surface area contributed by atoms with E-state index in [0.717, 1.165) is 13.1 Å². The van der Waals surface area contributed by atoms with E-state index >= 15 is 0 Å². The van der Waals surface area contributed by atoms with E-state index < -0.39 is 0 Å². The molecule has 158 valence electrons. The average Bonchev–Trinajstić information content (AvgIpc) is 3.17. The van der Waals surface area contributed by atoms with E-state index in [4.69, 9.17) is 9.47 Å². The molecule has 4 rings (SSSR count). The van der Waals surface area contributed by atoms with Crippen LogP contribution in [0.25, 0.3) is 10.2 Å². The molecule has 1 aliphatic rings.